The largest absolute Gasteiger partial charge is 0.485 e. The molecule has 0 bridgehead atoms. The van der Waals surface area contributed by atoms with E-state index >= 15 is 0 Å². The highest BCUT2D eigenvalue weighted by Gasteiger charge is 2.14. The van der Waals surface area contributed by atoms with Crippen molar-refractivity contribution in [2.75, 3.05) is 0 Å². The summed E-state index contributed by atoms with van der Waals surface area (Å²) < 4.78 is 16.9. The van der Waals surface area contributed by atoms with Gasteiger partial charge >= 0.3 is 0 Å². The average Bonchev–Trinajstić information content (AvgIpc) is 3.31. The Morgan fingerprint density at radius 1 is 0.920 bits per heavy atom. The number of aromatic nitrogens is 2. The number of nitrogens with zero attached hydrogens (tertiary/aromatic N) is 2. The maximum absolute atomic E-state index is 5.79. The van der Waals surface area contributed by atoms with Gasteiger partial charge in [-0.25, -0.2) is 0 Å². The topological polar surface area (TPSA) is 61.3 Å². The SMILES string of the molecule is Cc1ccccc1OCc1ccc(-c2nc(-c3ccccc3)no2)o1. The highest BCUT2D eigenvalue weighted by molar-refractivity contribution is 5.57. The molecule has 0 unspecified atom stereocenters. The molecule has 5 nitrogen and oxygen atoms in total. The number of furan rings is 1. The lowest BCUT2D eigenvalue weighted by Gasteiger charge is -2.06. The zero-order valence-corrected chi connectivity index (χ0v) is 13.7. The van der Waals surface area contributed by atoms with Gasteiger partial charge in [-0.3, -0.25) is 0 Å². The molecule has 4 rings (SSSR count). The number of rotatable bonds is 5. The molecule has 0 aliphatic carbocycles. The smallest absolute Gasteiger partial charge is 0.293 e. The molecule has 124 valence electrons. The minimum atomic E-state index is 0.338. The van der Waals surface area contributed by atoms with Crippen LogP contribution < -0.4 is 4.74 Å². The van der Waals surface area contributed by atoms with E-state index < -0.39 is 0 Å². The monoisotopic (exact) mass is 332 g/mol. The van der Waals surface area contributed by atoms with Crippen molar-refractivity contribution in [3.05, 3.63) is 78.1 Å². The van der Waals surface area contributed by atoms with Crippen molar-refractivity contribution in [3.63, 3.8) is 0 Å². The first-order valence-corrected chi connectivity index (χ1v) is 7.96. The molecule has 4 aromatic rings. The number of benzene rings is 2. The fraction of sp³-hybridized carbons (Fsp3) is 0.100. The van der Waals surface area contributed by atoms with Crippen LogP contribution in [0.15, 0.2) is 75.7 Å². The lowest BCUT2D eigenvalue weighted by atomic mass is 10.2. The lowest BCUT2D eigenvalue weighted by molar-refractivity contribution is 0.269. The number of ether oxygens (including phenoxy) is 1. The van der Waals surface area contributed by atoms with Gasteiger partial charge in [0, 0.05) is 5.56 Å². The molecule has 2 aromatic carbocycles. The maximum atomic E-state index is 5.79. The summed E-state index contributed by atoms with van der Waals surface area (Å²) in [4.78, 5) is 4.38. The molecule has 0 N–H and O–H groups in total. The van der Waals surface area contributed by atoms with Crippen molar-refractivity contribution < 1.29 is 13.7 Å². The number of aryl methyl sites for hydroxylation is 1. The molecule has 5 heteroatoms. The van der Waals surface area contributed by atoms with Crippen LogP contribution in [0.5, 0.6) is 5.75 Å². The van der Waals surface area contributed by atoms with E-state index in [-0.39, 0.29) is 0 Å². The fourth-order valence-corrected chi connectivity index (χ4v) is 2.47. The van der Waals surface area contributed by atoms with Crippen molar-refractivity contribution in [2.24, 2.45) is 0 Å². The second kappa shape index (κ2) is 6.65. The van der Waals surface area contributed by atoms with E-state index in [9.17, 15) is 0 Å². The molecular formula is C20H16N2O3. The maximum Gasteiger partial charge on any atom is 0.293 e. The fourth-order valence-electron chi connectivity index (χ4n) is 2.47. The van der Waals surface area contributed by atoms with Crippen molar-refractivity contribution in [1.82, 2.24) is 10.1 Å². The van der Waals surface area contributed by atoms with Gasteiger partial charge in [0.05, 0.1) is 0 Å². The van der Waals surface area contributed by atoms with E-state index in [2.05, 4.69) is 10.1 Å². The molecule has 0 radical (unpaired) electrons. The number of hydrogen-bond donors (Lipinski definition) is 0. The Bertz CT molecular complexity index is 973. The summed E-state index contributed by atoms with van der Waals surface area (Å²) in [5, 5.41) is 4.00. The first-order valence-electron chi connectivity index (χ1n) is 7.96. The van der Waals surface area contributed by atoms with Gasteiger partial charge in [0.1, 0.15) is 18.1 Å². The summed E-state index contributed by atoms with van der Waals surface area (Å²) in [6, 6.07) is 21.2. The van der Waals surface area contributed by atoms with E-state index in [1.165, 1.54) is 0 Å². The third kappa shape index (κ3) is 3.30. The molecule has 0 aliphatic heterocycles. The van der Waals surface area contributed by atoms with Crippen molar-refractivity contribution >= 4 is 0 Å². The van der Waals surface area contributed by atoms with Crippen molar-refractivity contribution in [1.29, 1.82) is 0 Å². The van der Waals surface area contributed by atoms with Crippen LogP contribution in [0, 0.1) is 6.92 Å². The summed E-state index contributed by atoms with van der Waals surface area (Å²) in [7, 11) is 0. The Hall–Kier alpha value is -3.34. The van der Waals surface area contributed by atoms with Gasteiger partial charge in [0.15, 0.2) is 5.76 Å². The summed E-state index contributed by atoms with van der Waals surface area (Å²) in [5.41, 5.74) is 1.98. The molecule has 0 atom stereocenters. The van der Waals surface area contributed by atoms with Gasteiger partial charge in [0.25, 0.3) is 5.89 Å². The van der Waals surface area contributed by atoms with Crippen LogP contribution in [0.1, 0.15) is 11.3 Å². The van der Waals surface area contributed by atoms with Crippen LogP contribution in [0.25, 0.3) is 23.0 Å². The molecule has 2 heterocycles. The van der Waals surface area contributed by atoms with E-state index in [0.717, 1.165) is 16.9 Å². The first-order chi connectivity index (χ1) is 12.3. The number of hydrogen-bond acceptors (Lipinski definition) is 5. The predicted octanol–water partition coefficient (Wildman–Crippen LogP) is 4.88. The summed E-state index contributed by atoms with van der Waals surface area (Å²) in [5.74, 6) is 2.94. The van der Waals surface area contributed by atoms with Gasteiger partial charge in [-0.2, -0.15) is 4.98 Å². The van der Waals surface area contributed by atoms with Crippen LogP contribution in [-0.4, -0.2) is 10.1 Å². The van der Waals surface area contributed by atoms with Gasteiger partial charge in [0.2, 0.25) is 5.82 Å². The van der Waals surface area contributed by atoms with Crippen LogP contribution in [-0.2, 0) is 6.61 Å². The van der Waals surface area contributed by atoms with Crippen LogP contribution in [0.3, 0.4) is 0 Å². The van der Waals surface area contributed by atoms with Crippen LogP contribution >= 0.6 is 0 Å². The second-order valence-electron chi connectivity index (χ2n) is 5.61. The predicted molar refractivity (Wildman–Crippen MR) is 92.9 cm³/mol. The van der Waals surface area contributed by atoms with Crippen molar-refractivity contribution in [3.8, 4) is 28.8 Å². The van der Waals surface area contributed by atoms with Gasteiger partial charge in [-0.15, -0.1) is 0 Å². The van der Waals surface area contributed by atoms with E-state index in [1.807, 2.05) is 67.6 Å². The zero-order chi connectivity index (χ0) is 17.1. The molecule has 0 aliphatic rings. The Morgan fingerprint density at radius 2 is 1.72 bits per heavy atom. The molecule has 2 aromatic heterocycles. The van der Waals surface area contributed by atoms with Crippen molar-refractivity contribution in [2.45, 2.75) is 13.5 Å². The van der Waals surface area contributed by atoms with E-state index in [0.29, 0.717) is 29.8 Å². The zero-order valence-electron chi connectivity index (χ0n) is 13.7. The normalized spacial score (nSPS) is 10.8. The second-order valence-corrected chi connectivity index (χ2v) is 5.61. The Labute approximate surface area is 144 Å². The Morgan fingerprint density at radius 3 is 2.56 bits per heavy atom. The third-order valence-electron chi connectivity index (χ3n) is 3.79. The summed E-state index contributed by atoms with van der Waals surface area (Å²) in [6.45, 7) is 2.34. The van der Waals surface area contributed by atoms with E-state index in [1.54, 1.807) is 6.07 Å². The molecule has 0 saturated heterocycles. The average molecular weight is 332 g/mol. The van der Waals surface area contributed by atoms with Gasteiger partial charge < -0.3 is 13.7 Å². The minimum Gasteiger partial charge on any atom is -0.485 e. The molecule has 0 saturated carbocycles. The third-order valence-corrected chi connectivity index (χ3v) is 3.79. The molecule has 25 heavy (non-hydrogen) atoms. The first kappa shape index (κ1) is 15.2. The standard InChI is InChI=1S/C20H16N2O3/c1-14-7-5-6-10-17(14)23-13-16-11-12-18(24-16)20-21-19(22-25-20)15-8-3-2-4-9-15/h2-12H,13H2,1H3. The Kier molecular flexibility index (Phi) is 4.04. The number of para-hydroxylation sites is 1. The molecule has 0 spiro atoms. The van der Waals surface area contributed by atoms with Crippen LogP contribution in [0.2, 0.25) is 0 Å². The highest BCUT2D eigenvalue weighted by atomic mass is 16.5. The molecule has 0 fully saturated rings. The molecular weight excluding hydrogens is 316 g/mol. The molecule has 0 amide bonds. The van der Waals surface area contributed by atoms with Gasteiger partial charge in [-0.1, -0.05) is 53.7 Å². The highest BCUT2D eigenvalue weighted by Crippen LogP contribution is 2.25. The van der Waals surface area contributed by atoms with E-state index in [4.69, 9.17) is 13.7 Å². The summed E-state index contributed by atoms with van der Waals surface area (Å²) in [6.07, 6.45) is 0. The minimum absolute atomic E-state index is 0.338. The summed E-state index contributed by atoms with van der Waals surface area (Å²) >= 11 is 0. The Balaban J connectivity index is 1.48. The van der Waals surface area contributed by atoms with Gasteiger partial charge in [-0.05, 0) is 30.7 Å². The quantitative estimate of drug-likeness (QED) is 0.521. The van der Waals surface area contributed by atoms with Crippen LogP contribution in [0.4, 0.5) is 0 Å². The lowest BCUT2D eigenvalue weighted by Crippen LogP contribution is -1.95.